The van der Waals surface area contributed by atoms with Gasteiger partial charge in [-0.3, -0.25) is 0 Å². The molecule has 1 N–H and O–H groups in total. The van der Waals surface area contributed by atoms with Crippen molar-refractivity contribution in [1.82, 2.24) is 9.97 Å². The van der Waals surface area contributed by atoms with Crippen molar-refractivity contribution in [3.05, 3.63) is 52.5 Å². The van der Waals surface area contributed by atoms with Crippen LogP contribution in [0, 0.1) is 0 Å². The Hall–Kier alpha value is -1.32. The molecule has 5 heteroatoms. The number of rotatable bonds is 3. The molecule has 82 valence electrons. The van der Waals surface area contributed by atoms with E-state index in [1.54, 1.807) is 24.5 Å². The SMILES string of the molecule is Clc1cccc(NCc2ncccn2)c1Cl. The van der Waals surface area contributed by atoms with Crippen molar-refractivity contribution in [1.29, 1.82) is 0 Å². The second-order valence-corrected chi connectivity index (χ2v) is 3.91. The number of nitrogens with one attached hydrogen (secondary N) is 1. The van der Waals surface area contributed by atoms with E-state index < -0.39 is 0 Å². The van der Waals surface area contributed by atoms with Crippen LogP contribution in [0.1, 0.15) is 5.82 Å². The Morgan fingerprint density at radius 2 is 1.81 bits per heavy atom. The molecule has 0 fully saturated rings. The van der Waals surface area contributed by atoms with Crippen molar-refractivity contribution < 1.29 is 0 Å². The Morgan fingerprint density at radius 1 is 1.06 bits per heavy atom. The lowest BCUT2D eigenvalue weighted by molar-refractivity contribution is 0.948. The molecule has 0 bridgehead atoms. The van der Waals surface area contributed by atoms with E-state index in [-0.39, 0.29) is 0 Å². The number of anilines is 1. The highest BCUT2D eigenvalue weighted by molar-refractivity contribution is 6.43. The van der Waals surface area contributed by atoms with Crippen LogP contribution in [0.15, 0.2) is 36.7 Å². The number of hydrogen-bond donors (Lipinski definition) is 1. The third-order valence-electron chi connectivity index (χ3n) is 2.01. The van der Waals surface area contributed by atoms with Crippen molar-refractivity contribution in [2.45, 2.75) is 6.54 Å². The van der Waals surface area contributed by atoms with Gasteiger partial charge < -0.3 is 5.32 Å². The third kappa shape index (κ3) is 2.62. The van der Waals surface area contributed by atoms with Gasteiger partial charge in [-0.15, -0.1) is 0 Å². The lowest BCUT2D eigenvalue weighted by Gasteiger charge is -2.07. The van der Waals surface area contributed by atoms with Gasteiger partial charge in [-0.2, -0.15) is 0 Å². The zero-order valence-electron chi connectivity index (χ0n) is 8.32. The molecular formula is C11H9Cl2N3. The van der Waals surface area contributed by atoms with E-state index >= 15 is 0 Å². The van der Waals surface area contributed by atoms with Crippen molar-refractivity contribution in [3.8, 4) is 0 Å². The summed E-state index contributed by atoms with van der Waals surface area (Å²) in [4.78, 5) is 8.19. The van der Waals surface area contributed by atoms with Gasteiger partial charge >= 0.3 is 0 Å². The largest absolute Gasteiger partial charge is 0.376 e. The quantitative estimate of drug-likeness (QED) is 0.912. The first-order valence-corrected chi connectivity index (χ1v) is 5.47. The van der Waals surface area contributed by atoms with Crippen LogP contribution >= 0.6 is 23.2 Å². The summed E-state index contributed by atoms with van der Waals surface area (Å²) in [7, 11) is 0. The molecule has 0 aliphatic carbocycles. The summed E-state index contributed by atoms with van der Waals surface area (Å²) in [6.45, 7) is 0.515. The third-order valence-corrected chi connectivity index (χ3v) is 2.83. The predicted octanol–water partition coefficient (Wildman–Crippen LogP) is 3.40. The Morgan fingerprint density at radius 3 is 2.56 bits per heavy atom. The molecule has 1 aromatic heterocycles. The second-order valence-electron chi connectivity index (χ2n) is 3.12. The lowest BCUT2D eigenvalue weighted by Crippen LogP contribution is -2.03. The summed E-state index contributed by atoms with van der Waals surface area (Å²) < 4.78 is 0. The van der Waals surface area contributed by atoms with E-state index in [1.807, 2.05) is 12.1 Å². The minimum Gasteiger partial charge on any atom is -0.376 e. The van der Waals surface area contributed by atoms with Gasteiger partial charge in [-0.1, -0.05) is 29.3 Å². The number of halogens is 2. The topological polar surface area (TPSA) is 37.8 Å². The number of benzene rings is 1. The van der Waals surface area contributed by atoms with Crippen LogP contribution in [0.2, 0.25) is 10.0 Å². The fraction of sp³-hybridized carbons (Fsp3) is 0.0909. The zero-order valence-corrected chi connectivity index (χ0v) is 9.83. The summed E-state index contributed by atoms with van der Waals surface area (Å²) in [6, 6.07) is 7.21. The smallest absolute Gasteiger partial charge is 0.147 e. The molecule has 0 spiro atoms. The maximum absolute atomic E-state index is 6.02. The number of aromatic nitrogens is 2. The summed E-state index contributed by atoms with van der Waals surface area (Å²) in [6.07, 6.45) is 3.40. The molecule has 0 unspecified atom stereocenters. The molecule has 3 nitrogen and oxygen atoms in total. The summed E-state index contributed by atoms with van der Waals surface area (Å²) in [5.74, 6) is 0.707. The normalized spacial score (nSPS) is 10.1. The zero-order chi connectivity index (χ0) is 11.4. The van der Waals surface area contributed by atoms with Crippen molar-refractivity contribution in [3.63, 3.8) is 0 Å². The van der Waals surface area contributed by atoms with Crippen LogP contribution in [0.25, 0.3) is 0 Å². The average molecular weight is 254 g/mol. The minimum absolute atomic E-state index is 0.514. The Kier molecular flexibility index (Phi) is 3.59. The first-order valence-electron chi connectivity index (χ1n) is 4.71. The van der Waals surface area contributed by atoms with Gasteiger partial charge in [0.05, 0.1) is 22.3 Å². The molecule has 16 heavy (non-hydrogen) atoms. The van der Waals surface area contributed by atoms with Crippen LogP contribution in [0.4, 0.5) is 5.69 Å². The van der Waals surface area contributed by atoms with Crippen LogP contribution in [-0.2, 0) is 6.54 Å². The van der Waals surface area contributed by atoms with Gasteiger partial charge in [0, 0.05) is 12.4 Å². The highest BCUT2D eigenvalue weighted by Gasteiger charge is 2.03. The molecule has 0 saturated heterocycles. The van der Waals surface area contributed by atoms with Crippen molar-refractivity contribution >= 4 is 28.9 Å². The molecule has 0 aliphatic heterocycles. The minimum atomic E-state index is 0.514. The molecule has 0 amide bonds. The van der Waals surface area contributed by atoms with Gasteiger partial charge in [0.1, 0.15) is 5.82 Å². The lowest BCUT2D eigenvalue weighted by atomic mass is 10.3. The standard InChI is InChI=1S/C11H9Cl2N3/c12-8-3-1-4-9(11(8)13)16-7-10-14-5-2-6-15-10/h1-6,16H,7H2. The van der Waals surface area contributed by atoms with Gasteiger partial charge in [0.2, 0.25) is 0 Å². The monoisotopic (exact) mass is 253 g/mol. The van der Waals surface area contributed by atoms with Crippen LogP contribution < -0.4 is 5.32 Å². The van der Waals surface area contributed by atoms with Gasteiger partial charge in [-0.25, -0.2) is 9.97 Å². The maximum Gasteiger partial charge on any atom is 0.147 e. The molecule has 0 radical (unpaired) electrons. The Balaban J connectivity index is 2.08. The van der Waals surface area contributed by atoms with E-state index in [4.69, 9.17) is 23.2 Å². The first-order chi connectivity index (χ1) is 7.77. The summed E-state index contributed by atoms with van der Waals surface area (Å²) >= 11 is 11.9. The first kappa shape index (κ1) is 11.2. The van der Waals surface area contributed by atoms with Crippen LogP contribution in [-0.4, -0.2) is 9.97 Å². The predicted molar refractivity (Wildman–Crippen MR) is 65.8 cm³/mol. The summed E-state index contributed by atoms with van der Waals surface area (Å²) in [5, 5.41) is 4.17. The molecular weight excluding hydrogens is 245 g/mol. The van der Waals surface area contributed by atoms with E-state index in [0.29, 0.717) is 22.4 Å². The number of nitrogens with zero attached hydrogens (tertiary/aromatic N) is 2. The van der Waals surface area contributed by atoms with Gasteiger partial charge in [-0.05, 0) is 18.2 Å². The average Bonchev–Trinajstić information content (AvgIpc) is 2.32. The molecule has 0 aliphatic rings. The highest BCUT2D eigenvalue weighted by Crippen LogP contribution is 2.29. The molecule has 2 rings (SSSR count). The van der Waals surface area contributed by atoms with Crippen molar-refractivity contribution in [2.24, 2.45) is 0 Å². The van der Waals surface area contributed by atoms with E-state index in [2.05, 4.69) is 15.3 Å². The van der Waals surface area contributed by atoms with E-state index in [1.165, 1.54) is 0 Å². The van der Waals surface area contributed by atoms with Crippen LogP contribution in [0.3, 0.4) is 0 Å². The molecule has 0 saturated carbocycles. The highest BCUT2D eigenvalue weighted by atomic mass is 35.5. The van der Waals surface area contributed by atoms with Crippen LogP contribution in [0.5, 0.6) is 0 Å². The Labute approximate surface area is 103 Å². The number of hydrogen-bond acceptors (Lipinski definition) is 3. The van der Waals surface area contributed by atoms with Gasteiger partial charge in [0.25, 0.3) is 0 Å². The summed E-state index contributed by atoms with van der Waals surface area (Å²) in [5.41, 5.74) is 0.779. The fourth-order valence-electron chi connectivity index (χ4n) is 1.24. The van der Waals surface area contributed by atoms with E-state index in [0.717, 1.165) is 5.69 Å². The van der Waals surface area contributed by atoms with Gasteiger partial charge in [0.15, 0.2) is 0 Å². The molecule has 2 aromatic rings. The second kappa shape index (κ2) is 5.14. The maximum atomic E-state index is 6.02. The molecule has 1 heterocycles. The van der Waals surface area contributed by atoms with E-state index in [9.17, 15) is 0 Å². The molecule has 1 aromatic carbocycles. The molecule has 0 atom stereocenters. The van der Waals surface area contributed by atoms with Crippen molar-refractivity contribution in [2.75, 3.05) is 5.32 Å². The fourth-order valence-corrected chi connectivity index (χ4v) is 1.60. The Bertz CT molecular complexity index is 474.